The number of carbonyl (C=O) groups excluding carboxylic acids is 1. The highest BCUT2D eigenvalue weighted by molar-refractivity contribution is 5.93. The van der Waals surface area contributed by atoms with Gasteiger partial charge in [-0.3, -0.25) is 4.68 Å². The summed E-state index contributed by atoms with van der Waals surface area (Å²) < 4.78 is 11.6. The van der Waals surface area contributed by atoms with E-state index in [4.69, 9.17) is 14.6 Å². The molecule has 1 aromatic heterocycles. The molecule has 0 spiro atoms. The van der Waals surface area contributed by atoms with Crippen molar-refractivity contribution in [3.63, 3.8) is 0 Å². The van der Waals surface area contributed by atoms with Crippen LogP contribution in [0.4, 0.5) is 0 Å². The van der Waals surface area contributed by atoms with Gasteiger partial charge in [-0.15, -0.1) is 0 Å². The van der Waals surface area contributed by atoms with Gasteiger partial charge in [-0.25, -0.2) is 9.59 Å². The van der Waals surface area contributed by atoms with Gasteiger partial charge in [-0.1, -0.05) is 12.1 Å². The molecule has 0 atom stereocenters. The Bertz CT molecular complexity index is 678. The number of para-hydroxylation sites is 2. The Morgan fingerprint density at radius 3 is 2.52 bits per heavy atom. The van der Waals surface area contributed by atoms with Crippen LogP contribution >= 0.6 is 0 Å². The van der Waals surface area contributed by atoms with Crippen LogP contribution in [0.15, 0.2) is 30.3 Å². The number of nitrogens with zero attached hydrogens (tertiary/aromatic N) is 2. The molecule has 21 heavy (non-hydrogen) atoms. The number of carboxylic acid groups (broad SMARTS) is 1. The van der Waals surface area contributed by atoms with Crippen LogP contribution in [0.5, 0.6) is 11.5 Å². The van der Waals surface area contributed by atoms with E-state index in [0.717, 1.165) is 0 Å². The van der Waals surface area contributed by atoms with E-state index in [1.807, 2.05) is 0 Å². The summed E-state index contributed by atoms with van der Waals surface area (Å²) in [5.74, 6) is -1.23. The van der Waals surface area contributed by atoms with Crippen molar-refractivity contribution < 1.29 is 24.2 Å². The van der Waals surface area contributed by atoms with Crippen molar-refractivity contribution in [1.82, 2.24) is 9.78 Å². The van der Waals surface area contributed by atoms with Crippen LogP contribution in [-0.2, 0) is 6.54 Å². The number of rotatable bonds is 5. The highest BCUT2D eigenvalue weighted by atomic mass is 16.6. The Balaban J connectivity index is 2.30. The Hall–Kier alpha value is -2.83. The van der Waals surface area contributed by atoms with Crippen LogP contribution in [0.25, 0.3) is 0 Å². The number of carboxylic acids is 1. The fourth-order valence-electron chi connectivity index (χ4n) is 1.78. The van der Waals surface area contributed by atoms with Gasteiger partial charge in [-0.2, -0.15) is 5.10 Å². The monoisotopic (exact) mass is 290 g/mol. The van der Waals surface area contributed by atoms with Gasteiger partial charge in [0.25, 0.3) is 0 Å². The third-order valence-electron chi connectivity index (χ3n) is 2.78. The fraction of sp³-hybridized carbons (Fsp3) is 0.214. The number of aromatic nitrogens is 2. The van der Waals surface area contributed by atoms with Gasteiger partial charge in [-0.05, 0) is 19.1 Å². The number of hydrogen-bond acceptors (Lipinski definition) is 5. The molecule has 0 saturated heterocycles. The lowest BCUT2D eigenvalue weighted by atomic mass is 10.3. The van der Waals surface area contributed by atoms with E-state index in [9.17, 15) is 9.59 Å². The second-order valence-electron chi connectivity index (χ2n) is 4.08. The van der Waals surface area contributed by atoms with Gasteiger partial charge in [0.05, 0.1) is 7.11 Å². The third-order valence-corrected chi connectivity index (χ3v) is 2.78. The number of esters is 1. The molecule has 0 aliphatic heterocycles. The van der Waals surface area contributed by atoms with Crippen molar-refractivity contribution in [1.29, 1.82) is 0 Å². The summed E-state index contributed by atoms with van der Waals surface area (Å²) in [4.78, 5) is 23.1. The minimum atomic E-state index is -1.20. The minimum absolute atomic E-state index is 0.0702. The summed E-state index contributed by atoms with van der Waals surface area (Å²) >= 11 is 0. The van der Waals surface area contributed by atoms with E-state index in [2.05, 4.69) is 5.10 Å². The standard InChI is InChI=1S/C14H14N2O5/c1-3-16-10(8-9(15-16)13(17)18)14(19)21-12-7-5-4-6-11(12)20-2/h4-8H,3H2,1-2H3,(H,17,18). The normalized spacial score (nSPS) is 10.2. The van der Waals surface area contributed by atoms with Gasteiger partial charge in [0.1, 0.15) is 5.69 Å². The smallest absolute Gasteiger partial charge is 0.362 e. The Labute approximate surface area is 120 Å². The number of carbonyl (C=O) groups is 2. The zero-order valence-electron chi connectivity index (χ0n) is 11.6. The SMILES string of the molecule is CCn1nc(C(=O)O)cc1C(=O)Oc1ccccc1OC. The molecule has 0 aliphatic carbocycles. The summed E-state index contributed by atoms with van der Waals surface area (Å²) in [6, 6.07) is 7.87. The van der Waals surface area contributed by atoms with Gasteiger partial charge < -0.3 is 14.6 Å². The second kappa shape index (κ2) is 6.08. The van der Waals surface area contributed by atoms with Crippen LogP contribution in [0.1, 0.15) is 27.9 Å². The number of aryl methyl sites for hydroxylation is 1. The number of methoxy groups -OCH3 is 1. The molecule has 1 aromatic carbocycles. The molecule has 7 heteroatoms. The van der Waals surface area contributed by atoms with Gasteiger partial charge in [0, 0.05) is 12.6 Å². The molecule has 0 unspecified atom stereocenters. The lowest BCUT2D eigenvalue weighted by molar-refractivity contribution is 0.0686. The lowest BCUT2D eigenvalue weighted by Crippen LogP contribution is -2.15. The summed E-state index contributed by atoms with van der Waals surface area (Å²) in [5, 5.41) is 12.7. The van der Waals surface area contributed by atoms with Crippen molar-refractivity contribution in [2.45, 2.75) is 13.5 Å². The minimum Gasteiger partial charge on any atom is -0.493 e. The molecule has 2 aromatic rings. The molecular formula is C14H14N2O5. The second-order valence-corrected chi connectivity index (χ2v) is 4.08. The molecule has 0 saturated carbocycles. The molecule has 0 amide bonds. The molecule has 0 bridgehead atoms. The first-order valence-corrected chi connectivity index (χ1v) is 6.23. The molecule has 7 nitrogen and oxygen atoms in total. The van der Waals surface area contributed by atoms with Crippen LogP contribution in [0.2, 0.25) is 0 Å². The Morgan fingerprint density at radius 1 is 1.29 bits per heavy atom. The number of ether oxygens (including phenoxy) is 2. The van der Waals surface area contributed by atoms with Gasteiger partial charge in [0.15, 0.2) is 17.2 Å². The van der Waals surface area contributed by atoms with Crippen molar-refractivity contribution in [2.75, 3.05) is 7.11 Å². The number of aromatic carboxylic acids is 1. The van der Waals surface area contributed by atoms with E-state index >= 15 is 0 Å². The van der Waals surface area contributed by atoms with Gasteiger partial charge in [0.2, 0.25) is 0 Å². The average Bonchev–Trinajstić information content (AvgIpc) is 2.92. The molecule has 1 heterocycles. The molecule has 0 radical (unpaired) electrons. The maximum absolute atomic E-state index is 12.2. The van der Waals surface area contributed by atoms with E-state index in [1.54, 1.807) is 31.2 Å². The van der Waals surface area contributed by atoms with Gasteiger partial charge >= 0.3 is 11.9 Å². The fourth-order valence-corrected chi connectivity index (χ4v) is 1.78. The predicted octanol–water partition coefficient (Wildman–Crippen LogP) is 1.83. The van der Waals surface area contributed by atoms with Crippen molar-refractivity contribution >= 4 is 11.9 Å². The Morgan fingerprint density at radius 2 is 1.95 bits per heavy atom. The molecule has 2 rings (SSSR count). The van der Waals surface area contributed by atoms with E-state index in [-0.39, 0.29) is 17.1 Å². The highest BCUT2D eigenvalue weighted by Crippen LogP contribution is 2.26. The van der Waals surface area contributed by atoms with E-state index in [0.29, 0.717) is 12.3 Å². The molecule has 0 fully saturated rings. The molecule has 1 N–H and O–H groups in total. The van der Waals surface area contributed by atoms with Crippen LogP contribution < -0.4 is 9.47 Å². The van der Waals surface area contributed by atoms with Crippen LogP contribution in [0.3, 0.4) is 0 Å². The molecular weight excluding hydrogens is 276 g/mol. The van der Waals surface area contributed by atoms with Crippen LogP contribution in [0, 0.1) is 0 Å². The van der Waals surface area contributed by atoms with Crippen molar-refractivity contribution in [2.24, 2.45) is 0 Å². The van der Waals surface area contributed by atoms with E-state index < -0.39 is 11.9 Å². The Kier molecular flexibility index (Phi) is 4.22. The first-order chi connectivity index (χ1) is 10.1. The third kappa shape index (κ3) is 3.02. The summed E-state index contributed by atoms with van der Waals surface area (Å²) in [5.41, 5.74) is -0.135. The zero-order valence-corrected chi connectivity index (χ0v) is 11.6. The quantitative estimate of drug-likeness (QED) is 0.667. The maximum Gasteiger partial charge on any atom is 0.362 e. The highest BCUT2D eigenvalue weighted by Gasteiger charge is 2.20. The largest absolute Gasteiger partial charge is 0.493 e. The van der Waals surface area contributed by atoms with E-state index in [1.165, 1.54) is 17.9 Å². The summed E-state index contributed by atoms with van der Waals surface area (Å²) in [6.07, 6.45) is 0. The summed E-state index contributed by atoms with van der Waals surface area (Å²) in [6.45, 7) is 2.10. The lowest BCUT2D eigenvalue weighted by Gasteiger charge is -2.09. The predicted molar refractivity (Wildman–Crippen MR) is 72.8 cm³/mol. The first kappa shape index (κ1) is 14.6. The zero-order chi connectivity index (χ0) is 15.4. The van der Waals surface area contributed by atoms with Crippen molar-refractivity contribution in [3.8, 4) is 11.5 Å². The summed E-state index contributed by atoms with van der Waals surface area (Å²) in [7, 11) is 1.46. The topological polar surface area (TPSA) is 90.7 Å². The van der Waals surface area contributed by atoms with Crippen molar-refractivity contribution in [3.05, 3.63) is 41.7 Å². The number of benzene rings is 1. The molecule has 0 aliphatic rings. The number of hydrogen-bond donors (Lipinski definition) is 1. The first-order valence-electron chi connectivity index (χ1n) is 6.23. The van der Waals surface area contributed by atoms with Crippen LogP contribution in [-0.4, -0.2) is 33.9 Å². The average molecular weight is 290 g/mol. The molecule has 110 valence electrons. The maximum atomic E-state index is 12.2.